The third-order valence-electron chi connectivity index (χ3n) is 8.34. The Balaban J connectivity index is 1.61. The minimum atomic E-state index is -0.0105. The maximum Gasteiger partial charge on any atom is 0.233 e. The third kappa shape index (κ3) is 2.22. The van der Waals surface area contributed by atoms with E-state index in [9.17, 15) is 10.0 Å². The molecular weight excluding hydrogens is 286 g/mol. The highest BCUT2D eigenvalue weighted by atomic mass is 16.5. The lowest BCUT2D eigenvalue weighted by molar-refractivity contribution is -0.164. The van der Waals surface area contributed by atoms with Gasteiger partial charge in [-0.3, -0.25) is 10.0 Å². The first-order valence-corrected chi connectivity index (χ1v) is 9.60. The fraction of sp³-hybridized carbons (Fsp3) is 0.850. The molecule has 0 aromatic heterocycles. The SMILES string of the molecule is C[C@@]12CCC[C@H]1[C@@H]1CC=C3CC(N(O)C=O)CC[C@]3(C)[C@@H]1CC2. The van der Waals surface area contributed by atoms with Gasteiger partial charge in [-0.05, 0) is 80.0 Å². The highest BCUT2D eigenvalue weighted by molar-refractivity contribution is 5.46. The molecular formula is C20H31NO2. The van der Waals surface area contributed by atoms with Crippen LogP contribution < -0.4 is 0 Å². The Bertz CT molecular complexity index is 530. The summed E-state index contributed by atoms with van der Waals surface area (Å²) in [6.45, 7) is 5.03. The summed E-state index contributed by atoms with van der Waals surface area (Å²) in [5.41, 5.74) is 2.45. The number of allylic oxidation sites excluding steroid dienone is 1. The van der Waals surface area contributed by atoms with Crippen LogP contribution in [-0.2, 0) is 4.79 Å². The third-order valence-corrected chi connectivity index (χ3v) is 8.34. The van der Waals surface area contributed by atoms with Crippen LogP contribution in [0.1, 0.15) is 71.6 Å². The summed E-state index contributed by atoms with van der Waals surface area (Å²) in [7, 11) is 0. The number of hydrogen-bond acceptors (Lipinski definition) is 2. The molecule has 0 aliphatic heterocycles. The lowest BCUT2D eigenvalue weighted by Crippen LogP contribution is -2.50. The molecule has 0 spiro atoms. The van der Waals surface area contributed by atoms with Crippen molar-refractivity contribution in [2.45, 2.75) is 77.7 Å². The largest absolute Gasteiger partial charge is 0.286 e. The summed E-state index contributed by atoms with van der Waals surface area (Å²) in [6, 6.07) is -0.0105. The Morgan fingerprint density at radius 3 is 2.78 bits per heavy atom. The zero-order valence-corrected chi connectivity index (χ0v) is 14.6. The van der Waals surface area contributed by atoms with E-state index in [0.29, 0.717) is 17.2 Å². The molecule has 1 unspecified atom stereocenters. The molecule has 0 aromatic rings. The minimum absolute atomic E-state index is 0.0105. The summed E-state index contributed by atoms with van der Waals surface area (Å²) in [5, 5.41) is 10.7. The van der Waals surface area contributed by atoms with Gasteiger partial charge in [0.1, 0.15) is 0 Å². The van der Waals surface area contributed by atoms with Gasteiger partial charge in [-0.2, -0.15) is 0 Å². The monoisotopic (exact) mass is 317 g/mol. The quantitative estimate of drug-likeness (QED) is 0.351. The minimum Gasteiger partial charge on any atom is -0.286 e. The zero-order chi connectivity index (χ0) is 16.2. The van der Waals surface area contributed by atoms with Crippen molar-refractivity contribution in [3.05, 3.63) is 11.6 Å². The van der Waals surface area contributed by atoms with E-state index < -0.39 is 0 Å². The molecule has 0 heterocycles. The highest BCUT2D eigenvalue weighted by Crippen LogP contribution is 2.64. The maximum absolute atomic E-state index is 10.9. The van der Waals surface area contributed by atoms with Gasteiger partial charge in [0.25, 0.3) is 0 Å². The van der Waals surface area contributed by atoms with Crippen LogP contribution in [0.5, 0.6) is 0 Å². The molecule has 4 aliphatic rings. The van der Waals surface area contributed by atoms with Gasteiger partial charge < -0.3 is 0 Å². The van der Waals surface area contributed by atoms with E-state index in [1.54, 1.807) is 0 Å². The summed E-state index contributed by atoms with van der Waals surface area (Å²) >= 11 is 0. The van der Waals surface area contributed by atoms with E-state index >= 15 is 0 Å². The fourth-order valence-electron chi connectivity index (χ4n) is 6.95. The van der Waals surface area contributed by atoms with Crippen LogP contribution in [0.2, 0.25) is 0 Å². The molecule has 3 nitrogen and oxygen atoms in total. The molecule has 3 fully saturated rings. The van der Waals surface area contributed by atoms with Crippen LogP contribution in [0.4, 0.5) is 0 Å². The van der Waals surface area contributed by atoms with Gasteiger partial charge in [-0.25, -0.2) is 5.06 Å². The Morgan fingerprint density at radius 2 is 2.00 bits per heavy atom. The van der Waals surface area contributed by atoms with Crippen LogP contribution in [-0.4, -0.2) is 22.7 Å². The van der Waals surface area contributed by atoms with E-state index in [-0.39, 0.29) is 6.04 Å². The second kappa shape index (κ2) is 5.34. The highest BCUT2D eigenvalue weighted by Gasteiger charge is 2.55. The predicted molar refractivity (Wildman–Crippen MR) is 89.8 cm³/mol. The van der Waals surface area contributed by atoms with Crippen molar-refractivity contribution in [2.75, 3.05) is 0 Å². The Morgan fingerprint density at radius 1 is 1.17 bits per heavy atom. The number of amides is 1. The summed E-state index contributed by atoms with van der Waals surface area (Å²) in [5.74, 6) is 2.62. The first-order chi connectivity index (χ1) is 11.0. The molecule has 4 rings (SSSR count). The summed E-state index contributed by atoms with van der Waals surface area (Å²) in [6.07, 6.45) is 14.3. The number of hydrogen-bond donors (Lipinski definition) is 1. The Hall–Kier alpha value is -0.830. The molecule has 1 amide bonds. The van der Waals surface area contributed by atoms with Crippen LogP contribution in [0.25, 0.3) is 0 Å². The molecule has 0 radical (unpaired) electrons. The molecule has 128 valence electrons. The zero-order valence-electron chi connectivity index (χ0n) is 14.6. The summed E-state index contributed by atoms with van der Waals surface area (Å²) < 4.78 is 0. The van der Waals surface area contributed by atoms with Crippen LogP contribution >= 0.6 is 0 Å². The van der Waals surface area contributed by atoms with E-state index in [0.717, 1.165) is 42.1 Å². The molecule has 0 bridgehead atoms. The van der Waals surface area contributed by atoms with Crippen LogP contribution in [0, 0.1) is 28.6 Å². The molecule has 1 N–H and O–H groups in total. The van der Waals surface area contributed by atoms with Gasteiger partial charge >= 0.3 is 0 Å². The van der Waals surface area contributed by atoms with Crippen molar-refractivity contribution in [3.63, 3.8) is 0 Å². The van der Waals surface area contributed by atoms with Crippen molar-refractivity contribution in [1.82, 2.24) is 5.06 Å². The average molecular weight is 317 g/mol. The predicted octanol–water partition coefficient (Wildman–Crippen LogP) is 4.56. The molecule has 23 heavy (non-hydrogen) atoms. The summed E-state index contributed by atoms with van der Waals surface area (Å²) in [4.78, 5) is 10.9. The van der Waals surface area contributed by atoms with Gasteiger partial charge in [-0.15, -0.1) is 0 Å². The van der Waals surface area contributed by atoms with E-state index in [1.807, 2.05) is 0 Å². The number of rotatable bonds is 2. The number of hydroxylamine groups is 2. The normalized spacial score (nSPS) is 48.7. The molecule has 3 saturated carbocycles. The van der Waals surface area contributed by atoms with Crippen molar-refractivity contribution in [3.8, 4) is 0 Å². The first-order valence-electron chi connectivity index (χ1n) is 9.60. The van der Waals surface area contributed by atoms with E-state index in [2.05, 4.69) is 19.9 Å². The number of carbonyl (C=O) groups is 1. The molecule has 6 atom stereocenters. The molecule has 3 heteroatoms. The van der Waals surface area contributed by atoms with Crippen molar-refractivity contribution < 1.29 is 10.0 Å². The second-order valence-electron chi connectivity index (χ2n) is 9.23. The van der Waals surface area contributed by atoms with E-state index in [1.165, 1.54) is 44.1 Å². The van der Waals surface area contributed by atoms with Gasteiger partial charge in [0.2, 0.25) is 6.41 Å². The van der Waals surface area contributed by atoms with Crippen LogP contribution in [0.15, 0.2) is 11.6 Å². The smallest absolute Gasteiger partial charge is 0.233 e. The number of nitrogens with zero attached hydrogens (tertiary/aromatic N) is 1. The maximum atomic E-state index is 10.9. The lowest BCUT2D eigenvalue weighted by Gasteiger charge is -2.57. The van der Waals surface area contributed by atoms with Crippen LogP contribution in [0.3, 0.4) is 0 Å². The van der Waals surface area contributed by atoms with Gasteiger partial charge in [0, 0.05) is 0 Å². The number of fused-ring (bicyclic) bond motifs is 5. The van der Waals surface area contributed by atoms with Gasteiger partial charge in [-0.1, -0.05) is 31.9 Å². The lowest BCUT2D eigenvalue weighted by atomic mass is 9.48. The molecule has 4 aliphatic carbocycles. The Labute approximate surface area is 140 Å². The fourth-order valence-corrected chi connectivity index (χ4v) is 6.95. The van der Waals surface area contributed by atoms with Crippen molar-refractivity contribution in [2.24, 2.45) is 28.6 Å². The standard InChI is InChI=1S/C20H31NO2/c1-19-9-3-4-17(19)16-6-5-14-12-15(21(23)13-22)7-11-20(14,2)18(16)8-10-19/h5,13,15-18,23H,3-4,6-12H2,1-2H3/t15?,16-,17-,18+,19-,20-/m0/s1. The molecule has 0 saturated heterocycles. The second-order valence-corrected chi connectivity index (χ2v) is 9.23. The number of carbonyl (C=O) groups excluding carboxylic acids is 1. The Kier molecular flexibility index (Phi) is 3.64. The van der Waals surface area contributed by atoms with Crippen molar-refractivity contribution in [1.29, 1.82) is 0 Å². The van der Waals surface area contributed by atoms with Crippen molar-refractivity contribution >= 4 is 6.41 Å². The van der Waals surface area contributed by atoms with E-state index in [4.69, 9.17) is 0 Å². The van der Waals surface area contributed by atoms with Gasteiger partial charge in [0.15, 0.2) is 0 Å². The first kappa shape index (κ1) is 15.7. The molecule has 0 aromatic carbocycles. The average Bonchev–Trinajstić information content (AvgIpc) is 2.95. The topological polar surface area (TPSA) is 40.5 Å². The van der Waals surface area contributed by atoms with Gasteiger partial charge in [0.05, 0.1) is 6.04 Å².